The topological polar surface area (TPSA) is 45.7 Å². The summed E-state index contributed by atoms with van der Waals surface area (Å²) in [5.74, 6) is 1.57. The van der Waals surface area contributed by atoms with Gasteiger partial charge in [-0.2, -0.15) is 0 Å². The lowest BCUT2D eigenvalue weighted by molar-refractivity contribution is -0.131. The summed E-state index contributed by atoms with van der Waals surface area (Å²) < 4.78 is 6.63. The molecule has 158 valence electrons. The maximum atomic E-state index is 12.9. The van der Waals surface area contributed by atoms with Gasteiger partial charge in [-0.05, 0) is 61.4 Å². The molecule has 3 aliphatic rings. The molecule has 1 unspecified atom stereocenters. The molecule has 1 aromatic carbocycles. The van der Waals surface area contributed by atoms with Crippen LogP contribution in [0.3, 0.4) is 0 Å². The lowest BCUT2D eigenvalue weighted by atomic mass is 9.76. The fourth-order valence-electron chi connectivity index (χ4n) is 5.40. The Bertz CT molecular complexity index is 871. The van der Waals surface area contributed by atoms with Crippen molar-refractivity contribution in [2.75, 3.05) is 26.2 Å². The van der Waals surface area contributed by atoms with Crippen LogP contribution in [0.1, 0.15) is 55.6 Å². The largest absolute Gasteiger partial charge is 0.487 e. The van der Waals surface area contributed by atoms with Crippen LogP contribution >= 0.6 is 0 Å². The number of piperidine rings is 1. The number of amides is 1. The van der Waals surface area contributed by atoms with Gasteiger partial charge in [0.05, 0.1) is 0 Å². The normalized spacial score (nSPS) is 23.2. The highest BCUT2D eigenvalue weighted by Gasteiger charge is 2.43. The Morgan fingerprint density at radius 2 is 1.77 bits per heavy atom. The van der Waals surface area contributed by atoms with Gasteiger partial charge in [0, 0.05) is 57.5 Å². The highest BCUT2D eigenvalue weighted by Crippen LogP contribution is 2.46. The maximum Gasteiger partial charge on any atom is 0.223 e. The number of fused-ring (bicyclic) bond motifs is 1. The van der Waals surface area contributed by atoms with Crippen molar-refractivity contribution >= 4 is 5.91 Å². The number of hydrogen-bond acceptors (Lipinski definition) is 4. The van der Waals surface area contributed by atoms with Crippen molar-refractivity contribution in [2.24, 2.45) is 0 Å². The fraction of sp³-hybridized carbons (Fsp3) is 0.520. The number of aromatic nitrogens is 1. The summed E-state index contributed by atoms with van der Waals surface area (Å²) in [5, 5.41) is 0. The molecule has 1 atom stereocenters. The van der Waals surface area contributed by atoms with Gasteiger partial charge in [0.2, 0.25) is 5.91 Å². The number of hydrogen-bond donors (Lipinski definition) is 0. The maximum absolute atomic E-state index is 12.9. The molecule has 30 heavy (non-hydrogen) atoms. The number of likely N-dealkylation sites (tertiary alicyclic amines) is 2. The summed E-state index contributed by atoms with van der Waals surface area (Å²) in [4.78, 5) is 21.6. The van der Waals surface area contributed by atoms with E-state index in [1.54, 1.807) is 0 Å². The van der Waals surface area contributed by atoms with Crippen LogP contribution < -0.4 is 4.74 Å². The fourth-order valence-corrected chi connectivity index (χ4v) is 5.40. The van der Waals surface area contributed by atoms with Crippen LogP contribution in [-0.2, 0) is 11.3 Å². The summed E-state index contributed by atoms with van der Waals surface area (Å²) in [6, 6.07) is 12.6. The number of nitrogens with zero attached hydrogens (tertiary/aromatic N) is 3. The van der Waals surface area contributed by atoms with Crippen molar-refractivity contribution in [3.05, 3.63) is 59.9 Å². The van der Waals surface area contributed by atoms with E-state index in [1.807, 2.05) is 12.4 Å². The highest BCUT2D eigenvalue weighted by molar-refractivity contribution is 5.77. The van der Waals surface area contributed by atoms with Crippen molar-refractivity contribution in [3.63, 3.8) is 0 Å². The average Bonchev–Trinajstić information content (AvgIpc) is 3.32. The molecule has 0 aliphatic carbocycles. The standard InChI is InChI=1S/C25H31N3O2/c29-24(28-13-3-4-14-28)17-21-18-25(30-23-6-2-1-5-22(21)23)9-15-27(16-10-25)19-20-7-11-26-12-8-20/h1-2,5-8,11-12,21H,3-4,9-10,13-19H2. The minimum atomic E-state index is -0.140. The van der Waals surface area contributed by atoms with Gasteiger partial charge in [-0.25, -0.2) is 0 Å². The van der Waals surface area contributed by atoms with E-state index in [-0.39, 0.29) is 11.5 Å². The summed E-state index contributed by atoms with van der Waals surface area (Å²) in [7, 11) is 0. The van der Waals surface area contributed by atoms with Gasteiger partial charge in [-0.3, -0.25) is 14.7 Å². The minimum absolute atomic E-state index is 0.140. The van der Waals surface area contributed by atoms with Gasteiger partial charge in [0.15, 0.2) is 0 Å². The third kappa shape index (κ3) is 4.08. The first kappa shape index (κ1) is 19.6. The molecule has 1 amide bonds. The summed E-state index contributed by atoms with van der Waals surface area (Å²) in [6.07, 6.45) is 9.62. The Morgan fingerprint density at radius 1 is 1.03 bits per heavy atom. The molecule has 0 N–H and O–H groups in total. The van der Waals surface area contributed by atoms with Crippen molar-refractivity contribution in [1.82, 2.24) is 14.8 Å². The predicted octanol–water partition coefficient (Wildman–Crippen LogP) is 4.00. The number of benzene rings is 1. The number of pyridine rings is 1. The van der Waals surface area contributed by atoms with Crippen molar-refractivity contribution in [3.8, 4) is 5.75 Å². The Morgan fingerprint density at radius 3 is 2.53 bits per heavy atom. The van der Waals surface area contributed by atoms with E-state index < -0.39 is 0 Å². The minimum Gasteiger partial charge on any atom is -0.487 e. The zero-order chi connectivity index (χ0) is 20.4. The van der Waals surface area contributed by atoms with Gasteiger partial charge in [0.25, 0.3) is 0 Å². The van der Waals surface area contributed by atoms with E-state index in [2.05, 4.69) is 51.2 Å². The second-order valence-corrected chi connectivity index (χ2v) is 9.15. The zero-order valence-electron chi connectivity index (χ0n) is 17.6. The molecular formula is C25H31N3O2. The van der Waals surface area contributed by atoms with Gasteiger partial charge >= 0.3 is 0 Å². The molecule has 0 saturated carbocycles. The van der Waals surface area contributed by atoms with Crippen molar-refractivity contribution < 1.29 is 9.53 Å². The number of rotatable bonds is 4. The van der Waals surface area contributed by atoms with Gasteiger partial charge < -0.3 is 9.64 Å². The second-order valence-electron chi connectivity index (χ2n) is 9.15. The van der Waals surface area contributed by atoms with E-state index in [1.165, 1.54) is 11.1 Å². The van der Waals surface area contributed by atoms with Gasteiger partial charge in [-0.1, -0.05) is 18.2 Å². The molecule has 0 radical (unpaired) electrons. The molecule has 1 aromatic heterocycles. The first-order chi connectivity index (χ1) is 14.7. The molecule has 5 heteroatoms. The van der Waals surface area contributed by atoms with Crippen LogP contribution in [0.25, 0.3) is 0 Å². The number of carbonyl (C=O) groups excluding carboxylic acids is 1. The smallest absolute Gasteiger partial charge is 0.223 e. The van der Waals surface area contributed by atoms with E-state index >= 15 is 0 Å². The summed E-state index contributed by atoms with van der Waals surface area (Å²) in [5.41, 5.74) is 2.39. The van der Waals surface area contributed by atoms with Crippen molar-refractivity contribution in [2.45, 2.75) is 56.6 Å². The van der Waals surface area contributed by atoms with Crippen LogP contribution in [-0.4, -0.2) is 52.5 Å². The third-order valence-corrected chi connectivity index (χ3v) is 7.11. The molecule has 4 heterocycles. The third-order valence-electron chi connectivity index (χ3n) is 7.11. The average molecular weight is 406 g/mol. The Labute approximate surface area is 179 Å². The first-order valence-corrected chi connectivity index (χ1v) is 11.4. The number of ether oxygens (including phenoxy) is 1. The first-order valence-electron chi connectivity index (χ1n) is 11.4. The van der Waals surface area contributed by atoms with Gasteiger partial charge in [0.1, 0.15) is 11.4 Å². The molecule has 2 aromatic rings. The van der Waals surface area contributed by atoms with E-state index in [4.69, 9.17) is 4.74 Å². The zero-order valence-corrected chi connectivity index (χ0v) is 17.6. The van der Waals surface area contributed by atoms with Crippen LogP contribution in [0.4, 0.5) is 0 Å². The second kappa shape index (κ2) is 8.38. The summed E-state index contributed by atoms with van der Waals surface area (Å²) in [6.45, 7) is 4.87. The van der Waals surface area contributed by atoms with E-state index in [0.717, 1.165) is 70.6 Å². The SMILES string of the molecule is O=C(CC1CC2(CCN(Cc3ccncc3)CC2)Oc2ccccc21)N1CCCC1. The van der Waals surface area contributed by atoms with Crippen LogP contribution in [0.2, 0.25) is 0 Å². The van der Waals surface area contributed by atoms with Crippen LogP contribution in [0.5, 0.6) is 5.75 Å². The Hall–Kier alpha value is -2.40. The molecule has 2 fully saturated rings. The molecule has 5 nitrogen and oxygen atoms in total. The quantitative estimate of drug-likeness (QED) is 0.771. The summed E-state index contributed by atoms with van der Waals surface area (Å²) >= 11 is 0. The molecule has 1 spiro atoms. The highest BCUT2D eigenvalue weighted by atomic mass is 16.5. The number of para-hydroxylation sites is 1. The van der Waals surface area contributed by atoms with Crippen molar-refractivity contribution in [1.29, 1.82) is 0 Å². The Kier molecular flexibility index (Phi) is 5.47. The van der Waals surface area contributed by atoms with Crippen LogP contribution in [0, 0.1) is 0 Å². The Balaban J connectivity index is 1.29. The molecule has 2 saturated heterocycles. The van der Waals surface area contributed by atoms with E-state index in [0.29, 0.717) is 12.3 Å². The lowest BCUT2D eigenvalue weighted by Crippen LogP contribution is -2.50. The monoisotopic (exact) mass is 405 g/mol. The molecule has 0 bridgehead atoms. The van der Waals surface area contributed by atoms with Crippen LogP contribution in [0.15, 0.2) is 48.8 Å². The van der Waals surface area contributed by atoms with Gasteiger partial charge in [-0.15, -0.1) is 0 Å². The lowest BCUT2D eigenvalue weighted by Gasteiger charge is -2.47. The molecule has 3 aliphatic heterocycles. The predicted molar refractivity (Wildman–Crippen MR) is 116 cm³/mol. The molecular weight excluding hydrogens is 374 g/mol. The molecule has 5 rings (SSSR count). The number of carbonyl (C=O) groups is 1. The van der Waals surface area contributed by atoms with E-state index in [9.17, 15) is 4.79 Å².